The molecule has 0 atom stereocenters. The molecule has 7 heteroatoms. The highest BCUT2D eigenvalue weighted by Crippen LogP contribution is 1.99. The maximum absolute atomic E-state index is 10.8. The minimum Gasteiger partial charge on any atom is -0.497 e. The quantitative estimate of drug-likeness (QED) is 0.410. The van der Waals surface area contributed by atoms with E-state index >= 15 is 0 Å². The minimum atomic E-state index is -1.24. The third kappa shape index (κ3) is 4.82. The molecule has 5 nitrogen and oxygen atoms in total. The van der Waals surface area contributed by atoms with Crippen molar-refractivity contribution in [2.45, 2.75) is 6.42 Å². The van der Waals surface area contributed by atoms with Crippen molar-refractivity contribution in [1.29, 1.82) is 0 Å². The maximum atomic E-state index is 10.8. The Labute approximate surface area is 75.0 Å². The van der Waals surface area contributed by atoms with Crippen LogP contribution >= 0.6 is 0 Å². The van der Waals surface area contributed by atoms with Crippen molar-refractivity contribution in [2.75, 3.05) is 0 Å². The van der Waals surface area contributed by atoms with Gasteiger partial charge in [-0.1, -0.05) is 6.58 Å². The summed E-state index contributed by atoms with van der Waals surface area (Å²) in [5.41, 5.74) is -0.0475. The molecule has 0 spiro atoms. The summed E-state index contributed by atoms with van der Waals surface area (Å²) >= 11 is 0. The SMILES string of the molecule is C=C(CC(=O)O)C(=O)O[SiH2]O[SiH3]. The largest absolute Gasteiger partial charge is 0.497 e. The molecule has 0 unspecified atom stereocenters. The number of carboxylic acid groups (broad SMARTS) is 1. The van der Waals surface area contributed by atoms with Crippen LogP contribution in [0.5, 0.6) is 0 Å². The molecule has 0 fully saturated rings. The topological polar surface area (TPSA) is 72.8 Å². The van der Waals surface area contributed by atoms with Crippen molar-refractivity contribution in [3.63, 3.8) is 0 Å². The molecule has 12 heavy (non-hydrogen) atoms. The van der Waals surface area contributed by atoms with Gasteiger partial charge in [0.1, 0.15) is 10.5 Å². The first kappa shape index (κ1) is 11.1. The van der Waals surface area contributed by atoms with Gasteiger partial charge in [-0.3, -0.25) is 4.79 Å². The lowest BCUT2D eigenvalue weighted by atomic mass is 10.2. The van der Waals surface area contributed by atoms with E-state index in [-0.39, 0.29) is 12.0 Å². The molecule has 0 amide bonds. The normalized spacial score (nSPS) is 10.3. The van der Waals surface area contributed by atoms with E-state index in [0.717, 1.165) is 0 Å². The smallest absolute Gasteiger partial charge is 0.358 e. The summed E-state index contributed by atoms with van der Waals surface area (Å²) in [7, 11) is -0.717. The van der Waals surface area contributed by atoms with Crippen molar-refractivity contribution in [2.24, 2.45) is 0 Å². The molecule has 0 aliphatic rings. The molecule has 68 valence electrons. The third-order valence-electron chi connectivity index (χ3n) is 0.961. The van der Waals surface area contributed by atoms with E-state index < -0.39 is 21.9 Å². The van der Waals surface area contributed by atoms with E-state index in [0.29, 0.717) is 10.5 Å². The Kier molecular flexibility index (Phi) is 5.25. The first-order valence-corrected chi connectivity index (χ1v) is 5.10. The molecular weight excluding hydrogens is 196 g/mol. The highest BCUT2D eigenvalue weighted by Gasteiger charge is 2.11. The first-order valence-electron chi connectivity index (χ1n) is 3.13. The van der Waals surface area contributed by atoms with E-state index in [1.807, 2.05) is 0 Å². The molecule has 0 heterocycles. The average Bonchev–Trinajstić information content (AvgIpc) is 1.98. The van der Waals surface area contributed by atoms with Crippen LogP contribution in [0.25, 0.3) is 0 Å². The molecule has 0 saturated carbocycles. The Morgan fingerprint density at radius 1 is 1.58 bits per heavy atom. The van der Waals surface area contributed by atoms with Gasteiger partial charge in [0.25, 0.3) is 0 Å². The number of carboxylic acids is 1. The molecule has 0 aromatic rings. The number of carbonyl (C=O) groups excluding carboxylic acids is 1. The number of hydrogen-bond donors (Lipinski definition) is 1. The first-order chi connectivity index (χ1) is 5.57. The van der Waals surface area contributed by atoms with Gasteiger partial charge in [0.15, 0.2) is 0 Å². The lowest BCUT2D eigenvalue weighted by Gasteiger charge is -2.03. The molecule has 0 aromatic heterocycles. The van der Waals surface area contributed by atoms with Crippen molar-refractivity contribution in [3.05, 3.63) is 12.2 Å². The molecule has 0 saturated heterocycles. The number of hydrogen-bond acceptors (Lipinski definition) is 4. The molecule has 0 bridgehead atoms. The predicted octanol–water partition coefficient (Wildman–Crippen LogP) is -2.14. The summed E-state index contributed by atoms with van der Waals surface area (Å²) in [6.45, 7) is 3.27. The second kappa shape index (κ2) is 5.69. The summed E-state index contributed by atoms with van der Waals surface area (Å²) in [6, 6.07) is 0. The van der Waals surface area contributed by atoms with Crippen molar-refractivity contribution < 1.29 is 23.2 Å². The van der Waals surface area contributed by atoms with Crippen LogP contribution in [0, 0.1) is 0 Å². The standard InChI is InChI=1S/C5H10O5Si2/c1-3(2-4(6)7)5(8)9-12-10-11/h1-2,12H2,11H3,(H,6,7). The van der Waals surface area contributed by atoms with Gasteiger partial charge in [-0.25, -0.2) is 4.79 Å². The molecule has 0 aliphatic carbocycles. The van der Waals surface area contributed by atoms with Crippen LogP contribution in [0.3, 0.4) is 0 Å². The fourth-order valence-electron chi connectivity index (χ4n) is 0.469. The van der Waals surface area contributed by atoms with Crippen LogP contribution in [-0.2, 0) is 18.1 Å². The third-order valence-corrected chi connectivity index (χ3v) is 2.28. The second-order valence-corrected chi connectivity index (χ2v) is 4.85. The molecule has 1 N–H and O–H groups in total. The molecular formula is C5H10O5Si2. The van der Waals surface area contributed by atoms with E-state index in [4.69, 9.17) is 9.22 Å². The Bertz CT molecular complexity index is 202. The predicted molar refractivity (Wildman–Crippen MR) is 47.1 cm³/mol. The van der Waals surface area contributed by atoms with E-state index in [9.17, 15) is 9.59 Å². The van der Waals surface area contributed by atoms with Crippen LogP contribution in [0.2, 0.25) is 0 Å². The van der Waals surface area contributed by atoms with Crippen LogP contribution in [0.1, 0.15) is 6.42 Å². The fraction of sp³-hybridized carbons (Fsp3) is 0.200. The van der Waals surface area contributed by atoms with Gasteiger partial charge in [0, 0.05) is 5.57 Å². The zero-order valence-corrected chi connectivity index (χ0v) is 10.1. The zero-order chi connectivity index (χ0) is 9.56. The lowest BCUT2D eigenvalue weighted by molar-refractivity contribution is -0.139. The van der Waals surface area contributed by atoms with E-state index in [1.54, 1.807) is 0 Å². The Balaban J connectivity index is 3.77. The van der Waals surface area contributed by atoms with Gasteiger partial charge < -0.3 is 13.6 Å². The number of carbonyl (C=O) groups is 2. The Morgan fingerprint density at radius 3 is 2.58 bits per heavy atom. The molecule has 0 aliphatic heterocycles. The summed E-state index contributed by atoms with van der Waals surface area (Å²) < 4.78 is 9.32. The second-order valence-electron chi connectivity index (χ2n) is 2.01. The highest BCUT2D eigenvalue weighted by atomic mass is 28.3. The monoisotopic (exact) mass is 206 g/mol. The van der Waals surface area contributed by atoms with Crippen molar-refractivity contribution in [3.8, 4) is 0 Å². The number of rotatable bonds is 5. The summed E-state index contributed by atoms with van der Waals surface area (Å²) in [5, 5.41) is 8.28. The van der Waals surface area contributed by atoms with E-state index in [2.05, 4.69) is 11.0 Å². The maximum Gasteiger partial charge on any atom is 0.358 e. The van der Waals surface area contributed by atoms with Gasteiger partial charge >= 0.3 is 21.9 Å². The Morgan fingerprint density at radius 2 is 2.17 bits per heavy atom. The van der Waals surface area contributed by atoms with Gasteiger partial charge in [0.2, 0.25) is 0 Å². The van der Waals surface area contributed by atoms with Crippen LogP contribution < -0.4 is 0 Å². The van der Waals surface area contributed by atoms with Crippen LogP contribution in [0.15, 0.2) is 12.2 Å². The van der Waals surface area contributed by atoms with Gasteiger partial charge in [-0.2, -0.15) is 0 Å². The zero-order valence-electron chi connectivity index (χ0n) is 6.70. The summed E-state index contributed by atoms with van der Waals surface area (Å²) in [4.78, 5) is 20.9. The molecule has 0 radical (unpaired) electrons. The summed E-state index contributed by atoms with van der Waals surface area (Å²) in [6.07, 6.45) is -0.381. The average molecular weight is 206 g/mol. The number of aliphatic carboxylic acids is 1. The lowest BCUT2D eigenvalue weighted by Crippen LogP contribution is -2.14. The molecule has 0 aromatic carbocycles. The fourth-order valence-corrected chi connectivity index (χ4v) is 1.25. The van der Waals surface area contributed by atoms with Gasteiger partial charge in [-0.05, 0) is 0 Å². The van der Waals surface area contributed by atoms with Crippen molar-refractivity contribution >= 4 is 32.4 Å². The minimum absolute atomic E-state index is 0.0475. The highest BCUT2D eigenvalue weighted by molar-refractivity contribution is 6.31. The van der Waals surface area contributed by atoms with Crippen LogP contribution in [-0.4, -0.2) is 37.5 Å². The Hall–Kier alpha value is -0.926. The molecule has 0 rings (SSSR count). The van der Waals surface area contributed by atoms with E-state index in [1.165, 1.54) is 0 Å². The van der Waals surface area contributed by atoms with Crippen molar-refractivity contribution in [1.82, 2.24) is 0 Å². The van der Waals surface area contributed by atoms with Gasteiger partial charge in [0.05, 0.1) is 6.42 Å². The van der Waals surface area contributed by atoms with Crippen LogP contribution in [0.4, 0.5) is 0 Å². The van der Waals surface area contributed by atoms with Gasteiger partial charge in [-0.15, -0.1) is 0 Å². The summed E-state index contributed by atoms with van der Waals surface area (Å²) in [5.74, 6) is -1.76.